The van der Waals surface area contributed by atoms with E-state index in [1.807, 2.05) is 31.3 Å². The van der Waals surface area contributed by atoms with Crippen LogP contribution >= 0.6 is 7.14 Å². The number of benzene rings is 1. The maximum atomic E-state index is 14.1. The van der Waals surface area contributed by atoms with Crippen molar-refractivity contribution >= 4 is 41.6 Å². The minimum atomic E-state index is -2.51. The van der Waals surface area contributed by atoms with E-state index in [9.17, 15) is 14.2 Å². The van der Waals surface area contributed by atoms with Crippen molar-refractivity contribution in [2.75, 3.05) is 17.7 Å². The Kier molecular flexibility index (Phi) is 6.02. The molecule has 0 radical (unpaired) electrons. The molecule has 3 aliphatic carbocycles. The number of amides is 2. The summed E-state index contributed by atoms with van der Waals surface area (Å²) < 4.78 is 21.7. The first-order valence-corrected chi connectivity index (χ1v) is 14.8. The van der Waals surface area contributed by atoms with Gasteiger partial charge in [-0.1, -0.05) is 6.07 Å². The predicted molar refractivity (Wildman–Crippen MR) is 146 cm³/mol. The minimum absolute atomic E-state index is 0.0131. The highest BCUT2D eigenvalue weighted by Crippen LogP contribution is 2.69. The molecule has 11 heteroatoms. The molecule has 1 aromatic carbocycles. The summed E-state index contributed by atoms with van der Waals surface area (Å²) in [5, 5.41) is 10.8. The van der Waals surface area contributed by atoms with Crippen LogP contribution in [0.3, 0.4) is 0 Å². The molecule has 0 saturated heterocycles. The van der Waals surface area contributed by atoms with Gasteiger partial charge in [-0.05, 0) is 56.7 Å². The lowest BCUT2D eigenvalue weighted by Crippen LogP contribution is -2.20. The number of nitrogens with zero attached hydrogens (tertiary/aromatic N) is 3. The summed E-state index contributed by atoms with van der Waals surface area (Å²) in [6.45, 7) is 0. The van der Waals surface area contributed by atoms with Crippen LogP contribution in [0.25, 0.3) is 11.3 Å². The fourth-order valence-corrected chi connectivity index (χ4v) is 9.10. The van der Waals surface area contributed by atoms with Crippen molar-refractivity contribution in [1.29, 1.82) is 0 Å². The van der Waals surface area contributed by atoms with Gasteiger partial charge in [0.1, 0.15) is 13.0 Å². The number of hydrogen-bond donors (Lipinski definition) is 3. The van der Waals surface area contributed by atoms with Crippen molar-refractivity contribution in [2.45, 2.75) is 49.8 Å². The van der Waals surface area contributed by atoms with Gasteiger partial charge in [0.25, 0.3) is 5.91 Å². The Morgan fingerprint density at radius 3 is 2.39 bits per heavy atom. The number of carbonyl (C=O) groups is 2. The van der Waals surface area contributed by atoms with Crippen LogP contribution in [0.15, 0.2) is 36.5 Å². The van der Waals surface area contributed by atoms with E-state index in [-0.39, 0.29) is 28.7 Å². The average molecular weight is 535 g/mol. The number of anilines is 3. The number of aromatic nitrogens is 3. The normalized spacial score (nSPS) is 17.2. The summed E-state index contributed by atoms with van der Waals surface area (Å²) >= 11 is 0. The number of ether oxygens (including phenoxy) is 1. The van der Waals surface area contributed by atoms with E-state index in [4.69, 9.17) is 15.6 Å². The van der Waals surface area contributed by atoms with Crippen LogP contribution in [0, 0.1) is 5.92 Å². The monoisotopic (exact) mass is 534 g/mol. The molecule has 0 aliphatic heterocycles. The summed E-state index contributed by atoms with van der Waals surface area (Å²) in [7, 11) is 0.918. The van der Waals surface area contributed by atoms with Crippen molar-refractivity contribution in [3.63, 3.8) is 0 Å². The molecule has 38 heavy (non-hydrogen) atoms. The Balaban J connectivity index is 1.35. The van der Waals surface area contributed by atoms with Gasteiger partial charge < -0.3 is 25.7 Å². The molecule has 3 saturated carbocycles. The van der Waals surface area contributed by atoms with Gasteiger partial charge in [-0.3, -0.25) is 14.3 Å². The smallest absolute Gasteiger partial charge is 0.252 e. The lowest BCUT2D eigenvalue weighted by molar-refractivity contribution is -0.117. The molecule has 0 bridgehead atoms. The van der Waals surface area contributed by atoms with Crippen LogP contribution in [0.2, 0.25) is 0 Å². The summed E-state index contributed by atoms with van der Waals surface area (Å²) in [6, 6.07) is 9.12. The summed E-state index contributed by atoms with van der Waals surface area (Å²) in [5.41, 5.74) is 9.56. The van der Waals surface area contributed by atoms with Crippen molar-refractivity contribution in [2.24, 2.45) is 18.7 Å². The second-order valence-corrected chi connectivity index (χ2v) is 13.8. The molecule has 4 N–H and O–H groups in total. The SMILES string of the molecule is COc1c(Nc2cc(NC(=O)C3CC3)ncc2C(N)=O)cccc1-c1cc(P(=O)(C2CC2)C2CC2)n(C)n1. The standard InChI is InChI=1S/C27H31N6O4P/c1-33-24(38(36,16-8-9-16)17-10-11-17)13-22(32-33)18-4-3-5-20(25(18)37-2)30-21-12-23(29-14-19(21)26(28)34)31-27(35)15-6-7-15/h3-5,12-17H,6-11H2,1-2H3,(H2,28,34)(H2,29,30,31,35). The minimum Gasteiger partial charge on any atom is -0.494 e. The zero-order valence-electron chi connectivity index (χ0n) is 21.4. The number of nitrogens with one attached hydrogen (secondary N) is 2. The number of para-hydroxylation sites is 1. The third kappa shape index (κ3) is 4.47. The topological polar surface area (TPSA) is 141 Å². The van der Waals surface area contributed by atoms with Gasteiger partial charge in [0.05, 0.1) is 35.2 Å². The quantitative estimate of drug-likeness (QED) is 0.334. The third-order valence-corrected chi connectivity index (χ3v) is 11.9. The molecule has 6 rings (SSSR count). The number of carbonyl (C=O) groups excluding carboxylic acids is 2. The number of nitrogens with two attached hydrogens (primary N) is 1. The van der Waals surface area contributed by atoms with Crippen LogP contribution in [-0.4, -0.2) is 45.0 Å². The number of rotatable bonds is 10. The van der Waals surface area contributed by atoms with Crippen molar-refractivity contribution in [1.82, 2.24) is 14.8 Å². The molecule has 2 amide bonds. The molecule has 10 nitrogen and oxygen atoms in total. The zero-order valence-corrected chi connectivity index (χ0v) is 22.3. The summed E-state index contributed by atoms with van der Waals surface area (Å²) in [4.78, 5) is 28.6. The second kappa shape index (κ2) is 9.27. The van der Waals surface area contributed by atoms with E-state index in [1.165, 1.54) is 6.20 Å². The fraction of sp³-hybridized carbons (Fsp3) is 0.407. The predicted octanol–water partition coefficient (Wildman–Crippen LogP) is 3.99. The van der Waals surface area contributed by atoms with E-state index in [0.29, 0.717) is 28.6 Å². The molecular formula is C27H31N6O4P. The van der Waals surface area contributed by atoms with Crippen LogP contribution in [-0.2, 0) is 16.4 Å². The van der Waals surface area contributed by atoms with Gasteiger partial charge in [-0.2, -0.15) is 5.10 Å². The van der Waals surface area contributed by atoms with E-state index in [1.54, 1.807) is 17.9 Å². The van der Waals surface area contributed by atoms with E-state index < -0.39 is 13.0 Å². The Bertz CT molecular complexity index is 1470. The van der Waals surface area contributed by atoms with Crippen LogP contribution < -0.4 is 26.5 Å². The molecule has 0 unspecified atom stereocenters. The highest BCUT2D eigenvalue weighted by Gasteiger charge is 2.53. The second-order valence-electron chi connectivity index (χ2n) is 10.4. The lowest BCUT2D eigenvalue weighted by Gasteiger charge is -2.17. The Hall–Kier alpha value is -3.65. The van der Waals surface area contributed by atoms with Gasteiger partial charge in [-0.25, -0.2) is 4.98 Å². The maximum Gasteiger partial charge on any atom is 0.252 e. The Morgan fingerprint density at radius 1 is 1.08 bits per heavy atom. The van der Waals surface area contributed by atoms with Crippen LogP contribution in [0.1, 0.15) is 48.9 Å². The molecule has 0 spiro atoms. The van der Waals surface area contributed by atoms with Gasteiger partial charge in [0, 0.05) is 42.1 Å². The van der Waals surface area contributed by atoms with E-state index in [0.717, 1.165) is 49.5 Å². The zero-order chi connectivity index (χ0) is 26.6. The largest absolute Gasteiger partial charge is 0.494 e. The van der Waals surface area contributed by atoms with Crippen molar-refractivity contribution in [3.8, 4) is 17.0 Å². The molecular weight excluding hydrogens is 503 g/mol. The van der Waals surface area contributed by atoms with Crippen LogP contribution in [0.4, 0.5) is 17.2 Å². The first-order chi connectivity index (χ1) is 18.3. The molecule has 0 atom stereocenters. The average Bonchev–Trinajstić information content (AvgIpc) is 3.76. The first-order valence-electron chi connectivity index (χ1n) is 13.0. The van der Waals surface area contributed by atoms with Gasteiger partial charge in [0.2, 0.25) is 5.91 Å². The molecule has 3 aromatic rings. The van der Waals surface area contributed by atoms with Gasteiger partial charge >= 0.3 is 0 Å². The first kappa shape index (κ1) is 24.7. The number of methoxy groups -OCH3 is 1. The fourth-order valence-electron chi connectivity index (χ4n) is 5.10. The number of aryl methyl sites for hydroxylation is 1. The highest BCUT2D eigenvalue weighted by molar-refractivity contribution is 7.73. The van der Waals surface area contributed by atoms with Crippen molar-refractivity contribution in [3.05, 3.63) is 42.1 Å². The van der Waals surface area contributed by atoms with E-state index >= 15 is 0 Å². The van der Waals surface area contributed by atoms with E-state index in [2.05, 4.69) is 15.6 Å². The number of pyridine rings is 1. The number of hydrogen-bond acceptors (Lipinski definition) is 7. The summed E-state index contributed by atoms with van der Waals surface area (Å²) in [6.07, 6.45) is 7.17. The maximum absolute atomic E-state index is 14.1. The highest BCUT2D eigenvalue weighted by atomic mass is 31.2. The molecule has 3 fully saturated rings. The molecule has 3 aliphatic rings. The Morgan fingerprint density at radius 2 is 1.79 bits per heavy atom. The molecule has 2 heterocycles. The van der Waals surface area contributed by atoms with Crippen LogP contribution in [0.5, 0.6) is 5.75 Å². The molecule has 198 valence electrons. The van der Waals surface area contributed by atoms with Crippen molar-refractivity contribution < 1.29 is 18.9 Å². The molecule has 2 aromatic heterocycles. The number of primary amides is 1. The Labute approximate surface area is 220 Å². The van der Waals surface area contributed by atoms with Gasteiger partial charge in [-0.15, -0.1) is 0 Å². The lowest BCUT2D eigenvalue weighted by atomic mass is 10.1. The third-order valence-electron chi connectivity index (χ3n) is 7.53. The summed E-state index contributed by atoms with van der Waals surface area (Å²) in [5.74, 6) is 0.116. The van der Waals surface area contributed by atoms with Gasteiger partial charge in [0.15, 0.2) is 5.75 Å².